The molecule has 0 saturated heterocycles. The average molecular weight is 443 g/mol. The van der Waals surface area contributed by atoms with E-state index in [1.165, 1.54) is 23.3 Å². The molecular weight excluding hydrogens is 427 g/mol. The van der Waals surface area contributed by atoms with Gasteiger partial charge in [0.15, 0.2) is 5.13 Å². The molecule has 2 aromatic heterocycles. The number of nitrogens with zero attached hydrogens (tertiary/aromatic N) is 4. The highest BCUT2D eigenvalue weighted by atomic mass is 32.1. The molecule has 0 aliphatic carbocycles. The van der Waals surface area contributed by atoms with Crippen LogP contribution < -0.4 is 10.2 Å². The van der Waals surface area contributed by atoms with Crippen molar-refractivity contribution in [3.05, 3.63) is 76.6 Å². The van der Waals surface area contributed by atoms with E-state index >= 15 is 0 Å². The molecule has 0 spiro atoms. The number of aromatic nitrogens is 3. The van der Waals surface area contributed by atoms with E-state index < -0.39 is 11.7 Å². The van der Waals surface area contributed by atoms with E-state index in [0.29, 0.717) is 5.89 Å². The number of hydrogen-bond acceptors (Lipinski definition) is 7. The molecule has 158 valence electrons. The topological polar surface area (TPSA) is 67.1 Å². The fourth-order valence-electron chi connectivity index (χ4n) is 3.54. The Morgan fingerprint density at radius 3 is 2.81 bits per heavy atom. The highest BCUT2D eigenvalue weighted by molar-refractivity contribution is 7.13. The summed E-state index contributed by atoms with van der Waals surface area (Å²) in [5.74, 6) is 0.413. The lowest BCUT2D eigenvalue weighted by molar-refractivity contribution is -0.137. The maximum Gasteiger partial charge on any atom is 0.416 e. The number of rotatable bonds is 5. The predicted octanol–water partition coefficient (Wildman–Crippen LogP) is 5.34. The van der Waals surface area contributed by atoms with E-state index in [2.05, 4.69) is 31.4 Å². The predicted molar refractivity (Wildman–Crippen MR) is 111 cm³/mol. The van der Waals surface area contributed by atoms with Gasteiger partial charge in [-0.05, 0) is 29.3 Å². The Morgan fingerprint density at radius 1 is 1.13 bits per heavy atom. The van der Waals surface area contributed by atoms with Crippen LogP contribution in [0, 0.1) is 0 Å². The molecule has 0 bridgehead atoms. The van der Waals surface area contributed by atoms with E-state index in [9.17, 15) is 13.2 Å². The van der Waals surface area contributed by atoms with Crippen LogP contribution >= 0.6 is 11.3 Å². The third kappa shape index (κ3) is 3.98. The summed E-state index contributed by atoms with van der Waals surface area (Å²) in [7, 11) is 0. The Hall–Kier alpha value is -3.40. The second-order valence-corrected chi connectivity index (χ2v) is 7.93. The molecule has 5 rings (SSSR count). The summed E-state index contributed by atoms with van der Waals surface area (Å²) in [6, 6.07) is 10.9. The van der Waals surface area contributed by atoms with E-state index in [4.69, 9.17) is 4.52 Å². The van der Waals surface area contributed by atoms with Crippen LogP contribution in [0.1, 0.15) is 22.6 Å². The SMILES string of the molecule is FC(F)(F)c1cccc(-c2noc(CNc3cccc4c3CN(c3nccs3)C4)n2)c1. The van der Waals surface area contributed by atoms with Crippen molar-refractivity contribution in [1.29, 1.82) is 0 Å². The van der Waals surface area contributed by atoms with Crippen molar-refractivity contribution in [2.45, 2.75) is 25.8 Å². The lowest BCUT2D eigenvalue weighted by atomic mass is 10.1. The zero-order valence-electron chi connectivity index (χ0n) is 16.1. The molecule has 0 saturated carbocycles. The first-order chi connectivity index (χ1) is 15.0. The Morgan fingerprint density at radius 2 is 2.00 bits per heavy atom. The number of thiazole rings is 1. The zero-order valence-corrected chi connectivity index (χ0v) is 16.9. The van der Waals surface area contributed by atoms with Crippen molar-refractivity contribution < 1.29 is 17.7 Å². The summed E-state index contributed by atoms with van der Waals surface area (Å²) < 4.78 is 44.1. The molecule has 1 N–H and O–H groups in total. The minimum atomic E-state index is -4.43. The van der Waals surface area contributed by atoms with E-state index in [1.54, 1.807) is 17.5 Å². The molecule has 31 heavy (non-hydrogen) atoms. The summed E-state index contributed by atoms with van der Waals surface area (Å²) in [5, 5.41) is 10.1. The molecule has 0 atom stereocenters. The number of hydrogen-bond donors (Lipinski definition) is 1. The van der Waals surface area contributed by atoms with Crippen molar-refractivity contribution in [3.8, 4) is 11.4 Å². The quantitative estimate of drug-likeness (QED) is 0.449. The van der Waals surface area contributed by atoms with Crippen LogP contribution in [-0.4, -0.2) is 15.1 Å². The maximum absolute atomic E-state index is 12.9. The fraction of sp³-hybridized carbons (Fsp3) is 0.190. The van der Waals surface area contributed by atoms with Gasteiger partial charge in [-0.2, -0.15) is 18.2 Å². The summed E-state index contributed by atoms with van der Waals surface area (Å²) in [6.45, 7) is 1.80. The van der Waals surface area contributed by atoms with Crippen LogP contribution in [0.25, 0.3) is 11.4 Å². The molecule has 0 unspecified atom stereocenters. The second-order valence-electron chi connectivity index (χ2n) is 7.06. The smallest absolute Gasteiger partial charge is 0.376 e. The van der Waals surface area contributed by atoms with E-state index in [1.807, 2.05) is 17.5 Å². The highest BCUT2D eigenvalue weighted by Gasteiger charge is 2.31. The number of nitrogens with one attached hydrogen (secondary N) is 1. The van der Waals surface area contributed by atoms with Gasteiger partial charge < -0.3 is 14.7 Å². The van der Waals surface area contributed by atoms with Crippen molar-refractivity contribution in [3.63, 3.8) is 0 Å². The lowest BCUT2D eigenvalue weighted by Crippen LogP contribution is -2.14. The second kappa shape index (κ2) is 7.69. The molecule has 0 fully saturated rings. The average Bonchev–Trinajstić information content (AvgIpc) is 3.52. The van der Waals surface area contributed by atoms with Crippen LogP contribution in [0.4, 0.5) is 24.0 Å². The summed E-state index contributed by atoms with van der Waals surface area (Å²) in [6.07, 6.45) is -2.63. The van der Waals surface area contributed by atoms with Gasteiger partial charge in [0, 0.05) is 35.9 Å². The van der Waals surface area contributed by atoms with Crippen molar-refractivity contribution >= 4 is 22.2 Å². The number of alkyl halides is 3. The highest BCUT2D eigenvalue weighted by Crippen LogP contribution is 2.34. The molecule has 1 aliphatic heterocycles. The maximum atomic E-state index is 12.9. The normalized spacial score (nSPS) is 13.5. The zero-order chi connectivity index (χ0) is 21.4. The monoisotopic (exact) mass is 443 g/mol. The Labute approximate surface area is 179 Å². The van der Waals surface area contributed by atoms with Crippen LogP contribution in [0.5, 0.6) is 0 Å². The first-order valence-electron chi connectivity index (χ1n) is 9.47. The van der Waals surface area contributed by atoms with Gasteiger partial charge in [0.05, 0.1) is 12.1 Å². The van der Waals surface area contributed by atoms with Crippen LogP contribution in [0.3, 0.4) is 0 Å². The molecule has 6 nitrogen and oxygen atoms in total. The molecule has 4 aromatic rings. The molecule has 0 radical (unpaired) electrons. The van der Waals surface area contributed by atoms with Gasteiger partial charge in [-0.15, -0.1) is 11.3 Å². The van der Waals surface area contributed by atoms with Gasteiger partial charge in [0.1, 0.15) is 0 Å². The van der Waals surface area contributed by atoms with Gasteiger partial charge in [-0.1, -0.05) is 29.4 Å². The number of benzene rings is 2. The summed E-state index contributed by atoms with van der Waals surface area (Å²) in [5.41, 5.74) is 2.85. The van der Waals surface area contributed by atoms with Gasteiger partial charge >= 0.3 is 6.18 Å². The number of halogens is 3. The third-order valence-electron chi connectivity index (χ3n) is 5.02. The molecule has 2 aromatic carbocycles. The first-order valence-corrected chi connectivity index (χ1v) is 10.3. The molecular formula is C21H16F3N5OS. The molecule has 1 aliphatic rings. The summed E-state index contributed by atoms with van der Waals surface area (Å²) in [4.78, 5) is 10.8. The van der Waals surface area contributed by atoms with Crippen LogP contribution in [-0.2, 0) is 25.8 Å². The molecule has 0 amide bonds. The standard InChI is InChI=1S/C21H16F3N5OS/c22-21(23,24)15-5-1-3-13(9-15)19-27-18(30-28-19)10-26-17-6-2-4-14-11-29(12-16(14)17)20-25-7-8-31-20/h1-9,26H,10-12H2. The Kier molecular flexibility index (Phi) is 4.85. The molecule has 3 heterocycles. The first kappa shape index (κ1) is 19.6. The fourth-order valence-corrected chi connectivity index (χ4v) is 4.19. The minimum absolute atomic E-state index is 0.121. The van der Waals surface area contributed by atoms with E-state index in [0.717, 1.165) is 36.0 Å². The third-order valence-corrected chi connectivity index (χ3v) is 5.85. The Balaban J connectivity index is 1.30. The largest absolute Gasteiger partial charge is 0.416 e. The minimum Gasteiger partial charge on any atom is -0.376 e. The van der Waals surface area contributed by atoms with Gasteiger partial charge in [-0.3, -0.25) is 0 Å². The Bertz CT molecular complexity index is 1210. The number of fused-ring (bicyclic) bond motifs is 1. The van der Waals surface area contributed by atoms with Gasteiger partial charge in [-0.25, -0.2) is 4.98 Å². The van der Waals surface area contributed by atoms with Gasteiger partial charge in [0.2, 0.25) is 11.7 Å². The van der Waals surface area contributed by atoms with Crippen molar-refractivity contribution in [1.82, 2.24) is 15.1 Å². The van der Waals surface area contributed by atoms with E-state index in [-0.39, 0.29) is 17.9 Å². The van der Waals surface area contributed by atoms with Gasteiger partial charge in [0.25, 0.3) is 0 Å². The van der Waals surface area contributed by atoms with Crippen LogP contribution in [0.15, 0.2) is 58.6 Å². The lowest BCUT2D eigenvalue weighted by Gasteiger charge is -2.13. The molecule has 10 heteroatoms. The van der Waals surface area contributed by atoms with Crippen LogP contribution in [0.2, 0.25) is 0 Å². The summed E-state index contributed by atoms with van der Waals surface area (Å²) >= 11 is 1.60. The van der Waals surface area contributed by atoms with Crippen molar-refractivity contribution in [2.24, 2.45) is 0 Å². The van der Waals surface area contributed by atoms with Crippen molar-refractivity contribution in [2.75, 3.05) is 10.2 Å². The number of anilines is 2.